The molecular formula is C17H34O3Si. The van der Waals surface area contributed by atoms with Crippen LogP contribution in [-0.2, 0) is 14.0 Å². The van der Waals surface area contributed by atoms with Crippen molar-refractivity contribution in [2.45, 2.75) is 78.4 Å². The van der Waals surface area contributed by atoms with Gasteiger partial charge in [0.1, 0.15) is 0 Å². The van der Waals surface area contributed by atoms with Gasteiger partial charge >= 0.3 is 5.97 Å². The van der Waals surface area contributed by atoms with Crippen molar-refractivity contribution in [3.63, 3.8) is 0 Å². The van der Waals surface area contributed by atoms with Gasteiger partial charge in [-0.3, -0.25) is 0 Å². The maximum Gasteiger partial charge on any atom is 0.333 e. The Labute approximate surface area is 132 Å². The van der Waals surface area contributed by atoms with E-state index in [1.807, 2.05) is 19.9 Å². The van der Waals surface area contributed by atoms with Crippen LogP contribution in [0, 0.1) is 0 Å². The van der Waals surface area contributed by atoms with Crippen LogP contribution in [0.2, 0.25) is 18.1 Å². The first-order chi connectivity index (χ1) is 9.62. The van der Waals surface area contributed by atoms with Gasteiger partial charge < -0.3 is 9.16 Å². The van der Waals surface area contributed by atoms with Gasteiger partial charge in [-0.1, -0.05) is 33.3 Å². The van der Waals surface area contributed by atoms with Crippen LogP contribution in [0.5, 0.6) is 0 Å². The summed E-state index contributed by atoms with van der Waals surface area (Å²) in [7, 11) is -1.59. The highest BCUT2D eigenvalue weighted by Crippen LogP contribution is 2.36. The van der Waals surface area contributed by atoms with E-state index in [1.165, 1.54) is 0 Å². The smallest absolute Gasteiger partial charge is 0.333 e. The molecule has 0 N–H and O–H groups in total. The zero-order valence-corrected chi connectivity index (χ0v) is 16.0. The van der Waals surface area contributed by atoms with E-state index < -0.39 is 8.32 Å². The normalized spacial score (nSPS) is 13.4. The van der Waals surface area contributed by atoms with Gasteiger partial charge in [-0.15, -0.1) is 0 Å². The standard InChI is InChI=1S/C17H34O3Si/c1-8-19-16(18)15(2)13-11-9-10-12-14-20-21(6,7)17(3,4)5/h13H,8-12,14H2,1-7H3/b15-13-. The Balaban J connectivity index is 3.79. The Kier molecular flexibility index (Phi) is 9.14. The van der Waals surface area contributed by atoms with Crippen LogP contribution in [0.4, 0.5) is 0 Å². The summed E-state index contributed by atoms with van der Waals surface area (Å²) >= 11 is 0. The van der Waals surface area contributed by atoms with Crippen LogP contribution in [0.25, 0.3) is 0 Å². The van der Waals surface area contributed by atoms with E-state index in [9.17, 15) is 4.79 Å². The molecule has 0 bridgehead atoms. The summed E-state index contributed by atoms with van der Waals surface area (Å²) in [5.74, 6) is -0.196. The molecule has 0 spiro atoms. The molecule has 0 aromatic heterocycles. The van der Waals surface area contributed by atoms with Gasteiger partial charge in [0.05, 0.1) is 6.61 Å². The molecule has 0 aliphatic carbocycles. The average molecular weight is 315 g/mol. The second-order valence-corrected chi connectivity index (χ2v) is 11.9. The molecule has 0 radical (unpaired) electrons. The number of carbonyl (C=O) groups excluding carboxylic acids is 1. The first kappa shape index (κ1) is 20.4. The fourth-order valence-corrected chi connectivity index (χ4v) is 2.70. The Morgan fingerprint density at radius 3 is 2.29 bits per heavy atom. The van der Waals surface area contributed by atoms with Crippen molar-refractivity contribution < 1.29 is 14.0 Å². The molecule has 0 rings (SSSR count). The van der Waals surface area contributed by atoms with E-state index in [-0.39, 0.29) is 11.0 Å². The fourth-order valence-electron chi connectivity index (χ4n) is 1.61. The second kappa shape index (κ2) is 9.41. The highest BCUT2D eigenvalue weighted by Gasteiger charge is 2.36. The number of unbranched alkanes of at least 4 members (excludes halogenated alkanes) is 3. The van der Waals surface area contributed by atoms with E-state index >= 15 is 0 Å². The summed E-state index contributed by atoms with van der Waals surface area (Å²) in [6.45, 7) is 16.3. The predicted octanol–water partition coefficient (Wildman–Crippen LogP) is 5.08. The lowest BCUT2D eigenvalue weighted by molar-refractivity contribution is -0.138. The van der Waals surface area contributed by atoms with Gasteiger partial charge in [0, 0.05) is 12.2 Å². The summed E-state index contributed by atoms with van der Waals surface area (Å²) in [6, 6.07) is 0. The fraction of sp³-hybridized carbons (Fsp3) is 0.824. The third-order valence-electron chi connectivity index (χ3n) is 4.17. The molecule has 4 heteroatoms. The van der Waals surface area contributed by atoms with Crippen molar-refractivity contribution in [1.29, 1.82) is 0 Å². The van der Waals surface area contributed by atoms with Crippen LogP contribution >= 0.6 is 0 Å². The van der Waals surface area contributed by atoms with Crippen molar-refractivity contribution in [2.24, 2.45) is 0 Å². The number of hydrogen-bond acceptors (Lipinski definition) is 3. The summed E-state index contributed by atoms with van der Waals surface area (Å²) in [4.78, 5) is 11.4. The van der Waals surface area contributed by atoms with E-state index in [1.54, 1.807) is 0 Å². The first-order valence-corrected chi connectivity index (χ1v) is 11.0. The number of hydrogen-bond donors (Lipinski definition) is 0. The zero-order chi connectivity index (χ0) is 16.5. The predicted molar refractivity (Wildman–Crippen MR) is 92.0 cm³/mol. The van der Waals surface area contributed by atoms with Crippen LogP contribution in [-0.4, -0.2) is 27.5 Å². The van der Waals surface area contributed by atoms with E-state index in [0.717, 1.165) is 37.9 Å². The second-order valence-electron chi connectivity index (χ2n) is 7.07. The largest absolute Gasteiger partial charge is 0.463 e. The van der Waals surface area contributed by atoms with E-state index in [4.69, 9.17) is 9.16 Å². The number of rotatable bonds is 9. The summed E-state index contributed by atoms with van der Waals surface area (Å²) in [5.41, 5.74) is 0.717. The van der Waals surface area contributed by atoms with Crippen molar-refractivity contribution in [2.75, 3.05) is 13.2 Å². The maximum absolute atomic E-state index is 11.4. The molecule has 0 saturated carbocycles. The topological polar surface area (TPSA) is 35.5 Å². The Bertz CT molecular complexity index is 340. The number of carbonyl (C=O) groups is 1. The summed E-state index contributed by atoms with van der Waals surface area (Å²) in [5, 5.41) is 0.284. The molecule has 0 aromatic carbocycles. The molecule has 0 atom stereocenters. The van der Waals surface area contributed by atoms with E-state index in [2.05, 4.69) is 33.9 Å². The molecule has 3 nitrogen and oxygen atoms in total. The monoisotopic (exact) mass is 314 g/mol. The molecule has 0 heterocycles. The van der Waals surface area contributed by atoms with Crippen molar-refractivity contribution in [3.05, 3.63) is 11.6 Å². The van der Waals surface area contributed by atoms with Crippen molar-refractivity contribution in [3.8, 4) is 0 Å². The summed E-state index contributed by atoms with van der Waals surface area (Å²) < 4.78 is 11.1. The van der Waals surface area contributed by atoms with Crippen LogP contribution in [0.15, 0.2) is 11.6 Å². The highest BCUT2D eigenvalue weighted by atomic mass is 28.4. The number of allylic oxidation sites excluding steroid dienone is 1. The molecule has 0 aromatic rings. The third kappa shape index (κ3) is 8.42. The van der Waals surface area contributed by atoms with Crippen LogP contribution in [0.1, 0.15) is 60.3 Å². The van der Waals surface area contributed by atoms with Gasteiger partial charge in [-0.05, 0) is 51.2 Å². The average Bonchev–Trinajstić information content (AvgIpc) is 2.36. The minimum absolute atomic E-state index is 0.196. The lowest BCUT2D eigenvalue weighted by atomic mass is 10.1. The highest BCUT2D eigenvalue weighted by molar-refractivity contribution is 6.74. The Morgan fingerprint density at radius 2 is 1.76 bits per heavy atom. The maximum atomic E-state index is 11.4. The van der Waals surface area contributed by atoms with Gasteiger partial charge in [0.2, 0.25) is 0 Å². The van der Waals surface area contributed by atoms with Crippen LogP contribution < -0.4 is 0 Å². The molecule has 0 aliphatic heterocycles. The molecule has 124 valence electrons. The molecule has 21 heavy (non-hydrogen) atoms. The molecule has 0 aliphatic rings. The summed E-state index contributed by atoms with van der Waals surface area (Å²) in [6.07, 6.45) is 6.25. The number of ether oxygens (including phenoxy) is 1. The van der Waals surface area contributed by atoms with Crippen molar-refractivity contribution >= 4 is 14.3 Å². The lowest BCUT2D eigenvalue weighted by Crippen LogP contribution is -2.40. The molecule has 0 unspecified atom stereocenters. The minimum atomic E-state index is -1.59. The van der Waals surface area contributed by atoms with Gasteiger partial charge in [-0.25, -0.2) is 4.79 Å². The van der Waals surface area contributed by atoms with Crippen LogP contribution in [0.3, 0.4) is 0 Å². The lowest BCUT2D eigenvalue weighted by Gasteiger charge is -2.36. The molecular weight excluding hydrogens is 280 g/mol. The first-order valence-electron chi connectivity index (χ1n) is 8.09. The van der Waals surface area contributed by atoms with E-state index in [0.29, 0.717) is 6.61 Å². The van der Waals surface area contributed by atoms with Gasteiger partial charge in [0.25, 0.3) is 0 Å². The molecule has 0 fully saturated rings. The van der Waals surface area contributed by atoms with Gasteiger partial charge in [-0.2, -0.15) is 0 Å². The van der Waals surface area contributed by atoms with Crippen molar-refractivity contribution in [1.82, 2.24) is 0 Å². The van der Waals surface area contributed by atoms with Gasteiger partial charge in [0.15, 0.2) is 8.32 Å². The molecule has 0 amide bonds. The SMILES string of the molecule is CCOC(=O)/C(C)=C\CCCCCO[Si](C)(C)C(C)(C)C. The quantitative estimate of drug-likeness (QED) is 0.258. The third-order valence-corrected chi connectivity index (χ3v) is 8.70. The molecule has 0 saturated heterocycles. The minimum Gasteiger partial charge on any atom is -0.463 e. The zero-order valence-electron chi connectivity index (χ0n) is 15.0. The Hall–Kier alpha value is -0.613. The number of esters is 1. The Morgan fingerprint density at radius 1 is 1.14 bits per heavy atom.